The van der Waals surface area contributed by atoms with Crippen LogP contribution in [0.25, 0.3) is 0 Å². The van der Waals surface area contributed by atoms with Crippen molar-refractivity contribution < 1.29 is 4.79 Å². The molecule has 1 aliphatic rings. The highest BCUT2D eigenvalue weighted by atomic mass is 35.5. The molecule has 0 aliphatic carbocycles. The lowest BCUT2D eigenvalue weighted by Crippen LogP contribution is -2.46. The fourth-order valence-electron chi connectivity index (χ4n) is 2.59. The molecule has 1 amide bonds. The summed E-state index contributed by atoms with van der Waals surface area (Å²) in [7, 11) is 0. The van der Waals surface area contributed by atoms with Crippen molar-refractivity contribution in [3.8, 4) is 0 Å². The molecule has 4 heteroatoms. The van der Waals surface area contributed by atoms with Crippen LogP contribution in [0.4, 0.5) is 0 Å². The second-order valence-corrected chi connectivity index (χ2v) is 5.25. The van der Waals surface area contributed by atoms with Gasteiger partial charge in [0, 0.05) is 13.1 Å². The van der Waals surface area contributed by atoms with Gasteiger partial charge >= 0.3 is 0 Å². The topological polar surface area (TPSA) is 46.3 Å². The fraction of sp³-hybridized carbons (Fsp3) is 0.533. The maximum absolute atomic E-state index is 11.8. The number of amides is 1. The number of carbonyl (C=O) groups excluding carboxylic acids is 1. The average Bonchev–Trinajstić information content (AvgIpc) is 2.40. The van der Waals surface area contributed by atoms with Crippen molar-refractivity contribution in [2.45, 2.75) is 32.2 Å². The van der Waals surface area contributed by atoms with E-state index in [9.17, 15) is 4.79 Å². The number of nitrogens with zero attached hydrogens (tertiary/aromatic N) is 1. The second-order valence-electron chi connectivity index (χ2n) is 5.25. The molecule has 1 atom stereocenters. The lowest BCUT2D eigenvalue weighted by atomic mass is 9.90. The summed E-state index contributed by atoms with van der Waals surface area (Å²) >= 11 is 0. The van der Waals surface area contributed by atoms with E-state index in [4.69, 9.17) is 5.73 Å². The number of rotatable bonds is 3. The molecule has 2 N–H and O–H groups in total. The molecule has 1 aliphatic heterocycles. The number of benzene rings is 1. The van der Waals surface area contributed by atoms with Gasteiger partial charge in [0.1, 0.15) is 0 Å². The molecule has 1 saturated heterocycles. The van der Waals surface area contributed by atoms with Crippen LogP contribution >= 0.6 is 12.4 Å². The Labute approximate surface area is 121 Å². The van der Waals surface area contributed by atoms with Crippen molar-refractivity contribution in [2.75, 3.05) is 13.1 Å². The van der Waals surface area contributed by atoms with Crippen molar-refractivity contribution >= 4 is 18.3 Å². The first-order chi connectivity index (χ1) is 8.66. The fourth-order valence-corrected chi connectivity index (χ4v) is 2.59. The van der Waals surface area contributed by atoms with Gasteiger partial charge in [0.25, 0.3) is 0 Å². The molecule has 19 heavy (non-hydrogen) atoms. The quantitative estimate of drug-likeness (QED) is 0.924. The third-order valence-electron chi connectivity index (χ3n) is 3.68. The molecule has 0 aromatic heterocycles. The van der Waals surface area contributed by atoms with Crippen LogP contribution in [0.2, 0.25) is 0 Å². The maximum atomic E-state index is 11.8. The van der Waals surface area contributed by atoms with Crippen LogP contribution in [0.15, 0.2) is 30.3 Å². The van der Waals surface area contributed by atoms with Crippen molar-refractivity contribution in [2.24, 2.45) is 11.7 Å². The number of halogens is 1. The van der Waals surface area contributed by atoms with Crippen molar-refractivity contribution in [3.05, 3.63) is 35.9 Å². The Kier molecular flexibility index (Phi) is 6.32. The molecule has 106 valence electrons. The van der Waals surface area contributed by atoms with Gasteiger partial charge in [-0.05, 0) is 37.7 Å². The van der Waals surface area contributed by atoms with Crippen molar-refractivity contribution in [1.82, 2.24) is 4.90 Å². The van der Waals surface area contributed by atoms with Gasteiger partial charge in [0.15, 0.2) is 0 Å². The summed E-state index contributed by atoms with van der Waals surface area (Å²) in [6.07, 6.45) is 3.31. The van der Waals surface area contributed by atoms with Crippen LogP contribution in [-0.2, 0) is 11.2 Å². The summed E-state index contributed by atoms with van der Waals surface area (Å²) in [5, 5.41) is 0. The number of likely N-dealkylation sites (tertiary alicyclic amines) is 1. The Bertz CT molecular complexity index is 386. The third kappa shape index (κ3) is 4.51. The zero-order valence-corrected chi connectivity index (χ0v) is 12.2. The zero-order chi connectivity index (χ0) is 13.0. The van der Waals surface area contributed by atoms with E-state index in [1.165, 1.54) is 5.56 Å². The third-order valence-corrected chi connectivity index (χ3v) is 3.68. The molecule has 1 unspecified atom stereocenters. The first-order valence-electron chi connectivity index (χ1n) is 6.75. The van der Waals surface area contributed by atoms with Crippen LogP contribution < -0.4 is 5.73 Å². The standard InChI is InChI=1S/C15H22N2O.ClH/c1-12(16)15(18)17-9-7-14(8-10-17)11-13-5-3-2-4-6-13;/h2-6,12,14H,7-11,16H2,1H3;1H. The summed E-state index contributed by atoms with van der Waals surface area (Å²) in [5.74, 6) is 0.790. The Hall–Kier alpha value is -1.06. The molecule has 0 bridgehead atoms. The van der Waals surface area contributed by atoms with Gasteiger partial charge in [-0.3, -0.25) is 4.79 Å². The van der Waals surface area contributed by atoms with Crippen molar-refractivity contribution in [1.29, 1.82) is 0 Å². The van der Waals surface area contributed by atoms with E-state index < -0.39 is 0 Å². The largest absolute Gasteiger partial charge is 0.341 e. The molecular formula is C15H23ClN2O. The number of nitrogens with two attached hydrogens (primary N) is 1. The summed E-state index contributed by atoms with van der Waals surface area (Å²) < 4.78 is 0. The Morgan fingerprint density at radius 3 is 2.42 bits per heavy atom. The first kappa shape index (κ1) is 16.0. The van der Waals surface area contributed by atoms with E-state index >= 15 is 0 Å². The van der Waals surface area contributed by atoms with Gasteiger partial charge < -0.3 is 10.6 Å². The highest BCUT2D eigenvalue weighted by Gasteiger charge is 2.24. The molecule has 3 nitrogen and oxygen atoms in total. The van der Waals surface area contributed by atoms with Gasteiger partial charge in [0.2, 0.25) is 5.91 Å². The normalized spacial score (nSPS) is 17.7. The highest BCUT2D eigenvalue weighted by molar-refractivity contribution is 5.85. The lowest BCUT2D eigenvalue weighted by molar-refractivity contribution is -0.133. The van der Waals surface area contributed by atoms with Gasteiger partial charge in [-0.15, -0.1) is 12.4 Å². The van der Waals surface area contributed by atoms with E-state index in [1.807, 2.05) is 11.0 Å². The van der Waals surface area contributed by atoms with E-state index in [0.717, 1.165) is 32.4 Å². The predicted octanol–water partition coefficient (Wildman–Crippen LogP) is 2.24. The summed E-state index contributed by atoms with van der Waals surface area (Å²) in [4.78, 5) is 13.7. The highest BCUT2D eigenvalue weighted by Crippen LogP contribution is 2.21. The summed E-state index contributed by atoms with van der Waals surface area (Å²) in [6, 6.07) is 10.2. The smallest absolute Gasteiger partial charge is 0.239 e. The minimum atomic E-state index is -0.365. The molecule has 0 saturated carbocycles. The van der Waals surface area contributed by atoms with E-state index in [0.29, 0.717) is 5.92 Å². The minimum Gasteiger partial charge on any atom is -0.341 e. The monoisotopic (exact) mass is 282 g/mol. The van der Waals surface area contributed by atoms with E-state index in [2.05, 4.69) is 24.3 Å². The van der Waals surface area contributed by atoms with Crippen LogP contribution in [0.1, 0.15) is 25.3 Å². The van der Waals surface area contributed by atoms with Crippen LogP contribution in [0.3, 0.4) is 0 Å². The Morgan fingerprint density at radius 1 is 1.32 bits per heavy atom. The lowest BCUT2D eigenvalue weighted by Gasteiger charge is -2.33. The minimum absolute atomic E-state index is 0. The number of hydrogen-bond donors (Lipinski definition) is 1. The van der Waals surface area contributed by atoms with E-state index in [-0.39, 0.29) is 24.4 Å². The second kappa shape index (κ2) is 7.51. The zero-order valence-electron chi connectivity index (χ0n) is 11.4. The summed E-state index contributed by atoms with van der Waals surface area (Å²) in [6.45, 7) is 3.48. The molecule has 0 spiro atoms. The molecule has 0 radical (unpaired) electrons. The molecule has 2 rings (SSSR count). The van der Waals surface area contributed by atoms with Crippen LogP contribution in [-0.4, -0.2) is 29.9 Å². The Balaban J connectivity index is 0.00000180. The van der Waals surface area contributed by atoms with Gasteiger partial charge in [0.05, 0.1) is 6.04 Å². The first-order valence-corrected chi connectivity index (χ1v) is 6.75. The molecule has 1 heterocycles. The van der Waals surface area contributed by atoms with Gasteiger partial charge in [-0.1, -0.05) is 30.3 Å². The SMILES string of the molecule is CC(N)C(=O)N1CCC(Cc2ccccc2)CC1.Cl. The summed E-state index contributed by atoms with van der Waals surface area (Å²) in [5.41, 5.74) is 7.03. The van der Waals surface area contributed by atoms with Gasteiger partial charge in [-0.2, -0.15) is 0 Å². The average molecular weight is 283 g/mol. The van der Waals surface area contributed by atoms with E-state index in [1.54, 1.807) is 6.92 Å². The molecule has 1 aromatic carbocycles. The van der Waals surface area contributed by atoms with Crippen LogP contribution in [0.5, 0.6) is 0 Å². The molecule has 1 aromatic rings. The van der Waals surface area contributed by atoms with Crippen LogP contribution in [0, 0.1) is 5.92 Å². The number of hydrogen-bond acceptors (Lipinski definition) is 2. The maximum Gasteiger partial charge on any atom is 0.239 e. The molecular weight excluding hydrogens is 260 g/mol. The predicted molar refractivity (Wildman–Crippen MR) is 80.3 cm³/mol. The van der Waals surface area contributed by atoms with Crippen molar-refractivity contribution in [3.63, 3.8) is 0 Å². The number of carbonyl (C=O) groups is 1. The number of piperidine rings is 1. The Morgan fingerprint density at radius 2 is 1.89 bits per heavy atom. The molecule has 1 fully saturated rings. The van der Waals surface area contributed by atoms with Gasteiger partial charge in [-0.25, -0.2) is 0 Å².